The second-order valence-electron chi connectivity index (χ2n) is 8.82. The van der Waals surface area contributed by atoms with Gasteiger partial charge in [-0.25, -0.2) is 4.79 Å². The third-order valence-electron chi connectivity index (χ3n) is 6.38. The molecule has 0 atom stereocenters. The average Bonchev–Trinajstić information content (AvgIpc) is 2.91. The standard InChI is InChI=1S/C28H31N3O6/c32-16-14-30-10-12-31(13-11-30)15-17-37-22-7-9-26(33)24(19-22)27(34)29-25-18-21(6-8-23(25)28(35)36)20-4-2-1-3-5-20/h1-9,18-19,32-33H,10-17H2,(H,29,34)(H,35,36). The van der Waals surface area contributed by atoms with Gasteiger partial charge in [0.05, 0.1) is 23.4 Å². The number of piperazine rings is 1. The van der Waals surface area contributed by atoms with Crippen molar-refractivity contribution >= 4 is 17.6 Å². The number of β-amino-alcohol motifs (C(OH)–C–C–N with tert-alkyl or cyclic N) is 1. The van der Waals surface area contributed by atoms with Crippen LogP contribution in [-0.2, 0) is 0 Å². The Kier molecular flexibility index (Phi) is 8.73. The van der Waals surface area contributed by atoms with Crippen LogP contribution < -0.4 is 10.1 Å². The molecular formula is C28H31N3O6. The molecule has 37 heavy (non-hydrogen) atoms. The van der Waals surface area contributed by atoms with Crippen molar-refractivity contribution in [2.45, 2.75) is 0 Å². The van der Waals surface area contributed by atoms with Crippen molar-refractivity contribution < 1.29 is 29.6 Å². The van der Waals surface area contributed by atoms with E-state index in [1.807, 2.05) is 30.3 Å². The number of anilines is 1. The zero-order chi connectivity index (χ0) is 26.2. The molecule has 9 heteroatoms. The molecular weight excluding hydrogens is 474 g/mol. The monoisotopic (exact) mass is 505 g/mol. The number of carboxylic acids is 1. The second kappa shape index (κ2) is 12.4. The Morgan fingerprint density at radius 3 is 2.22 bits per heavy atom. The molecule has 1 fully saturated rings. The quantitative estimate of drug-likeness (QED) is 0.332. The number of aliphatic hydroxyl groups excluding tert-OH is 1. The van der Waals surface area contributed by atoms with Gasteiger partial charge in [0, 0.05) is 39.3 Å². The first-order chi connectivity index (χ1) is 17.9. The highest BCUT2D eigenvalue weighted by molar-refractivity contribution is 6.09. The molecule has 0 aliphatic carbocycles. The molecule has 3 aromatic rings. The molecule has 1 saturated heterocycles. The normalized spacial score (nSPS) is 14.3. The molecule has 1 aliphatic rings. The van der Waals surface area contributed by atoms with E-state index >= 15 is 0 Å². The summed E-state index contributed by atoms with van der Waals surface area (Å²) in [7, 11) is 0. The summed E-state index contributed by atoms with van der Waals surface area (Å²) in [5.74, 6) is -1.62. The van der Waals surface area contributed by atoms with Gasteiger partial charge in [0.1, 0.15) is 18.1 Å². The van der Waals surface area contributed by atoms with E-state index in [0.717, 1.165) is 37.3 Å². The van der Waals surface area contributed by atoms with Gasteiger partial charge in [-0.3, -0.25) is 14.6 Å². The van der Waals surface area contributed by atoms with Crippen LogP contribution in [-0.4, -0.2) is 89.5 Å². The largest absolute Gasteiger partial charge is 0.507 e. The topological polar surface area (TPSA) is 123 Å². The number of aromatic hydroxyl groups is 1. The number of amides is 1. The van der Waals surface area contributed by atoms with E-state index in [9.17, 15) is 19.8 Å². The molecule has 4 rings (SSSR count). The number of carboxylic acid groups (broad SMARTS) is 1. The van der Waals surface area contributed by atoms with Crippen LogP contribution in [0.15, 0.2) is 66.7 Å². The molecule has 1 aliphatic heterocycles. The first kappa shape index (κ1) is 26.2. The summed E-state index contributed by atoms with van der Waals surface area (Å²) in [6.45, 7) is 5.55. The van der Waals surface area contributed by atoms with Crippen LogP contribution in [0.25, 0.3) is 11.1 Å². The Balaban J connectivity index is 1.42. The number of aliphatic hydroxyl groups is 1. The van der Waals surface area contributed by atoms with Crippen molar-refractivity contribution in [2.24, 2.45) is 0 Å². The predicted molar refractivity (Wildman–Crippen MR) is 140 cm³/mol. The lowest BCUT2D eigenvalue weighted by Crippen LogP contribution is -2.48. The van der Waals surface area contributed by atoms with E-state index in [1.54, 1.807) is 18.2 Å². The van der Waals surface area contributed by atoms with Crippen LogP contribution in [0.2, 0.25) is 0 Å². The van der Waals surface area contributed by atoms with Gasteiger partial charge in [0.2, 0.25) is 0 Å². The van der Waals surface area contributed by atoms with Crippen molar-refractivity contribution in [3.63, 3.8) is 0 Å². The highest BCUT2D eigenvalue weighted by atomic mass is 16.5. The molecule has 0 saturated carbocycles. The smallest absolute Gasteiger partial charge is 0.337 e. The Bertz CT molecular complexity index is 1230. The zero-order valence-corrected chi connectivity index (χ0v) is 20.5. The van der Waals surface area contributed by atoms with Crippen LogP contribution in [0.4, 0.5) is 5.69 Å². The molecule has 194 valence electrons. The molecule has 0 unspecified atom stereocenters. The Labute approximate surface area is 215 Å². The lowest BCUT2D eigenvalue weighted by Gasteiger charge is -2.34. The Morgan fingerprint density at radius 1 is 0.838 bits per heavy atom. The number of nitrogens with zero attached hydrogens (tertiary/aromatic N) is 2. The maximum absolute atomic E-state index is 13.1. The van der Waals surface area contributed by atoms with E-state index in [0.29, 0.717) is 25.4 Å². The predicted octanol–water partition coefficient (Wildman–Crippen LogP) is 3.00. The molecule has 3 aromatic carbocycles. The number of ether oxygens (including phenoxy) is 1. The number of phenols is 1. The minimum Gasteiger partial charge on any atom is -0.507 e. The summed E-state index contributed by atoms with van der Waals surface area (Å²) in [4.78, 5) is 29.3. The molecule has 0 aromatic heterocycles. The SMILES string of the molecule is O=C(Nc1cc(-c2ccccc2)ccc1C(=O)O)c1cc(OCCN2CCN(CCO)CC2)ccc1O. The number of hydrogen-bond donors (Lipinski definition) is 4. The van der Waals surface area contributed by atoms with Gasteiger partial charge >= 0.3 is 5.97 Å². The fraction of sp³-hybridized carbons (Fsp3) is 0.286. The number of benzene rings is 3. The van der Waals surface area contributed by atoms with Crippen LogP contribution in [0, 0.1) is 0 Å². The maximum atomic E-state index is 13.1. The first-order valence-corrected chi connectivity index (χ1v) is 12.2. The van der Waals surface area contributed by atoms with Crippen LogP contribution in [0.5, 0.6) is 11.5 Å². The van der Waals surface area contributed by atoms with E-state index in [2.05, 4.69) is 15.1 Å². The van der Waals surface area contributed by atoms with Crippen molar-refractivity contribution in [1.29, 1.82) is 0 Å². The maximum Gasteiger partial charge on any atom is 0.337 e. The number of carbonyl (C=O) groups is 2. The summed E-state index contributed by atoms with van der Waals surface area (Å²) >= 11 is 0. The Morgan fingerprint density at radius 2 is 1.54 bits per heavy atom. The van der Waals surface area contributed by atoms with Crippen LogP contribution >= 0.6 is 0 Å². The van der Waals surface area contributed by atoms with Crippen molar-refractivity contribution in [3.8, 4) is 22.6 Å². The molecule has 4 N–H and O–H groups in total. The molecule has 1 heterocycles. The zero-order valence-electron chi connectivity index (χ0n) is 20.5. The van der Waals surface area contributed by atoms with Gasteiger partial charge in [0.25, 0.3) is 5.91 Å². The van der Waals surface area contributed by atoms with Gasteiger partial charge in [-0.15, -0.1) is 0 Å². The number of carbonyl (C=O) groups excluding carboxylic acids is 1. The lowest BCUT2D eigenvalue weighted by atomic mass is 10.0. The van der Waals surface area contributed by atoms with Gasteiger partial charge in [-0.05, 0) is 41.5 Å². The van der Waals surface area contributed by atoms with Gasteiger partial charge in [-0.1, -0.05) is 36.4 Å². The second-order valence-corrected chi connectivity index (χ2v) is 8.82. The van der Waals surface area contributed by atoms with E-state index in [4.69, 9.17) is 9.84 Å². The summed E-state index contributed by atoms with van der Waals surface area (Å²) in [5, 5.41) is 31.7. The van der Waals surface area contributed by atoms with Gasteiger partial charge < -0.3 is 25.4 Å². The fourth-order valence-corrected chi connectivity index (χ4v) is 4.29. The lowest BCUT2D eigenvalue weighted by molar-refractivity contribution is 0.0698. The summed E-state index contributed by atoms with van der Waals surface area (Å²) < 4.78 is 5.84. The number of rotatable bonds is 10. The van der Waals surface area contributed by atoms with Crippen molar-refractivity contribution in [3.05, 3.63) is 77.9 Å². The highest BCUT2D eigenvalue weighted by Crippen LogP contribution is 2.28. The van der Waals surface area contributed by atoms with Crippen LogP contribution in [0.3, 0.4) is 0 Å². The summed E-state index contributed by atoms with van der Waals surface area (Å²) in [5.41, 5.74) is 1.68. The molecule has 0 bridgehead atoms. The minimum absolute atomic E-state index is 0.0171. The number of aromatic carboxylic acids is 1. The third-order valence-corrected chi connectivity index (χ3v) is 6.38. The number of nitrogens with one attached hydrogen (secondary N) is 1. The van der Waals surface area contributed by atoms with Gasteiger partial charge in [-0.2, -0.15) is 0 Å². The van der Waals surface area contributed by atoms with Crippen LogP contribution in [0.1, 0.15) is 20.7 Å². The van der Waals surface area contributed by atoms with E-state index in [1.165, 1.54) is 18.2 Å². The highest BCUT2D eigenvalue weighted by Gasteiger charge is 2.19. The Hall–Kier alpha value is -3.92. The summed E-state index contributed by atoms with van der Waals surface area (Å²) in [6, 6.07) is 18.6. The number of phenolic OH excluding ortho intramolecular Hbond substituents is 1. The minimum atomic E-state index is -1.17. The molecule has 0 radical (unpaired) electrons. The third kappa shape index (κ3) is 6.85. The van der Waals surface area contributed by atoms with Crippen molar-refractivity contribution in [1.82, 2.24) is 9.80 Å². The van der Waals surface area contributed by atoms with E-state index in [-0.39, 0.29) is 29.2 Å². The molecule has 1 amide bonds. The fourth-order valence-electron chi connectivity index (χ4n) is 4.29. The van der Waals surface area contributed by atoms with Gasteiger partial charge in [0.15, 0.2) is 0 Å². The molecule has 9 nitrogen and oxygen atoms in total. The van der Waals surface area contributed by atoms with E-state index < -0.39 is 11.9 Å². The average molecular weight is 506 g/mol. The first-order valence-electron chi connectivity index (χ1n) is 12.2. The van der Waals surface area contributed by atoms with Crippen molar-refractivity contribution in [2.75, 3.05) is 57.8 Å². The molecule has 0 spiro atoms. The number of hydrogen-bond acceptors (Lipinski definition) is 7. The summed E-state index contributed by atoms with van der Waals surface area (Å²) in [6.07, 6.45) is 0.